The van der Waals surface area contributed by atoms with E-state index in [4.69, 9.17) is 0 Å². The van der Waals surface area contributed by atoms with E-state index in [-0.39, 0.29) is 24.3 Å². The van der Waals surface area contributed by atoms with E-state index in [1.165, 1.54) is 6.42 Å². The van der Waals surface area contributed by atoms with Crippen LogP contribution in [0.4, 0.5) is 0 Å². The lowest BCUT2D eigenvalue weighted by molar-refractivity contribution is -0.141. The standard InChI is InChI=1S/C31H36N2O2/c1-24-13-11-12-18-27(24)23-33(30(34)22-26-16-7-3-8-17-26)29(21-25-14-5-2-6-15-25)31(35)32-28-19-9-4-10-20-28/h2-3,5-8,11-18,28-29H,4,9-10,19-23H2,1H3,(H,32,35)/t29-/m1/s1. The first kappa shape index (κ1) is 24.7. The zero-order chi connectivity index (χ0) is 24.5. The highest BCUT2D eigenvalue weighted by atomic mass is 16.2. The summed E-state index contributed by atoms with van der Waals surface area (Å²) in [5.74, 6) is -0.0741. The SMILES string of the molecule is Cc1ccccc1CN(C(=O)Cc1ccccc1)[C@H](Cc1ccccc1)C(=O)NC1CCCCC1. The normalized spacial score (nSPS) is 14.8. The Hall–Kier alpha value is -3.40. The number of amides is 2. The van der Waals surface area contributed by atoms with Crippen molar-refractivity contribution in [3.8, 4) is 0 Å². The summed E-state index contributed by atoms with van der Waals surface area (Å²) in [4.78, 5) is 29.4. The van der Waals surface area contributed by atoms with E-state index in [0.717, 1.165) is 47.9 Å². The Balaban J connectivity index is 1.65. The van der Waals surface area contributed by atoms with Crippen LogP contribution in [0, 0.1) is 6.92 Å². The largest absolute Gasteiger partial charge is 0.352 e. The van der Waals surface area contributed by atoms with E-state index in [1.807, 2.05) is 72.8 Å². The summed E-state index contributed by atoms with van der Waals surface area (Å²) in [6.07, 6.45) is 6.32. The number of nitrogens with one attached hydrogen (secondary N) is 1. The molecular formula is C31H36N2O2. The number of hydrogen-bond donors (Lipinski definition) is 1. The van der Waals surface area contributed by atoms with Crippen molar-refractivity contribution in [2.24, 2.45) is 0 Å². The first-order valence-corrected chi connectivity index (χ1v) is 12.8. The number of carbonyl (C=O) groups is 2. The van der Waals surface area contributed by atoms with E-state index in [1.54, 1.807) is 4.90 Å². The molecular weight excluding hydrogens is 432 g/mol. The van der Waals surface area contributed by atoms with Crippen molar-refractivity contribution in [1.29, 1.82) is 0 Å². The van der Waals surface area contributed by atoms with Gasteiger partial charge in [-0.1, -0.05) is 104 Å². The van der Waals surface area contributed by atoms with Gasteiger partial charge in [0.25, 0.3) is 0 Å². The zero-order valence-electron chi connectivity index (χ0n) is 20.7. The van der Waals surface area contributed by atoms with E-state index in [9.17, 15) is 9.59 Å². The molecule has 0 bridgehead atoms. The van der Waals surface area contributed by atoms with Gasteiger partial charge in [0, 0.05) is 19.0 Å². The minimum absolute atomic E-state index is 0.0285. The van der Waals surface area contributed by atoms with Crippen LogP contribution in [0.25, 0.3) is 0 Å². The first-order chi connectivity index (χ1) is 17.1. The van der Waals surface area contributed by atoms with Gasteiger partial charge in [0.2, 0.25) is 11.8 Å². The molecule has 0 aromatic heterocycles. The number of rotatable bonds is 9. The van der Waals surface area contributed by atoms with Crippen LogP contribution in [0.3, 0.4) is 0 Å². The van der Waals surface area contributed by atoms with E-state index >= 15 is 0 Å². The maximum atomic E-state index is 13.8. The summed E-state index contributed by atoms with van der Waals surface area (Å²) in [5, 5.41) is 3.31. The minimum Gasteiger partial charge on any atom is -0.352 e. The van der Waals surface area contributed by atoms with Crippen molar-refractivity contribution in [3.63, 3.8) is 0 Å². The Bertz CT molecular complexity index is 1090. The highest BCUT2D eigenvalue weighted by Gasteiger charge is 2.32. The van der Waals surface area contributed by atoms with Gasteiger partial charge in [0.15, 0.2) is 0 Å². The molecule has 0 unspecified atom stereocenters. The van der Waals surface area contributed by atoms with Crippen molar-refractivity contribution in [3.05, 3.63) is 107 Å². The van der Waals surface area contributed by atoms with Crippen LogP contribution in [0.15, 0.2) is 84.9 Å². The van der Waals surface area contributed by atoms with Gasteiger partial charge in [0.05, 0.1) is 6.42 Å². The molecule has 1 aliphatic rings. The predicted molar refractivity (Wildman–Crippen MR) is 141 cm³/mol. The van der Waals surface area contributed by atoms with Gasteiger partial charge in [-0.3, -0.25) is 9.59 Å². The summed E-state index contributed by atoms with van der Waals surface area (Å²) >= 11 is 0. The highest BCUT2D eigenvalue weighted by Crippen LogP contribution is 2.21. The fourth-order valence-corrected chi connectivity index (χ4v) is 4.94. The number of nitrogens with zero attached hydrogens (tertiary/aromatic N) is 1. The molecule has 0 saturated heterocycles. The van der Waals surface area contributed by atoms with E-state index < -0.39 is 6.04 Å². The van der Waals surface area contributed by atoms with Gasteiger partial charge in [0.1, 0.15) is 6.04 Å². The van der Waals surface area contributed by atoms with Crippen LogP contribution in [0.5, 0.6) is 0 Å². The predicted octanol–water partition coefficient (Wildman–Crippen LogP) is 5.63. The molecule has 4 heteroatoms. The molecule has 1 fully saturated rings. The maximum absolute atomic E-state index is 13.8. The molecule has 4 rings (SSSR count). The molecule has 4 nitrogen and oxygen atoms in total. The summed E-state index contributed by atoms with van der Waals surface area (Å²) in [6, 6.07) is 27.6. The summed E-state index contributed by atoms with van der Waals surface area (Å²) in [7, 11) is 0. The number of hydrogen-bond acceptors (Lipinski definition) is 2. The smallest absolute Gasteiger partial charge is 0.243 e. The van der Waals surface area contributed by atoms with Crippen LogP contribution < -0.4 is 5.32 Å². The second-order valence-corrected chi connectivity index (χ2v) is 9.66. The topological polar surface area (TPSA) is 49.4 Å². The zero-order valence-corrected chi connectivity index (χ0v) is 20.7. The molecule has 0 radical (unpaired) electrons. The maximum Gasteiger partial charge on any atom is 0.243 e. The fourth-order valence-electron chi connectivity index (χ4n) is 4.94. The van der Waals surface area contributed by atoms with Crippen molar-refractivity contribution >= 4 is 11.8 Å². The van der Waals surface area contributed by atoms with Gasteiger partial charge in [-0.05, 0) is 42.0 Å². The van der Waals surface area contributed by atoms with Crippen molar-refractivity contribution in [2.45, 2.75) is 70.5 Å². The molecule has 182 valence electrons. The molecule has 3 aromatic carbocycles. The van der Waals surface area contributed by atoms with E-state index in [0.29, 0.717) is 13.0 Å². The molecule has 35 heavy (non-hydrogen) atoms. The third-order valence-electron chi connectivity index (χ3n) is 7.02. The lowest BCUT2D eigenvalue weighted by atomic mass is 9.94. The van der Waals surface area contributed by atoms with Crippen LogP contribution in [-0.2, 0) is 29.0 Å². The summed E-state index contributed by atoms with van der Waals surface area (Å²) in [6.45, 7) is 2.47. The minimum atomic E-state index is -0.574. The van der Waals surface area contributed by atoms with E-state index in [2.05, 4.69) is 24.4 Å². The van der Waals surface area contributed by atoms with Gasteiger partial charge >= 0.3 is 0 Å². The van der Waals surface area contributed by atoms with Crippen molar-refractivity contribution in [1.82, 2.24) is 10.2 Å². The van der Waals surface area contributed by atoms with Crippen LogP contribution in [-0.4, -0.2) is 28.8 Å². The summed E-state index contributed by atoms with van der Waals surface area (Å²) in [5.41, 5.74) is 4.20. The van der Waals surface area contributed by atoms with Crippen LogP contribution in [0.1, 0.15) is 54.4 Å². The second kappa shape index (κ2) is 12.3. The highest BCUT2D eigenvalue weighted by molar-refractivity contribution is 5.89. The molecule has 1 saturated carbocycles. The number of carbonyl (C=O) groups excluding carboxylic acids is 2. The number of aryl methyl sites for hydroxylation is 1. The van der Waals surface area contributed by atoms with Gasteiger partial charge < -0.3 is 10.2 Å². The molecule has 0 aliphatic heterocycles. The first-order valence-electron chi connectivity index (χ1n) is 12.8. The van der Waals surface area contributed by atoms with Crippen molar-refractivity contribution < 1.29 is 9.59 Å². The lowest BCUT2D eigenvalue weighted by Crippen LogP contribution is -2.53. The quantitative estimate of drug-likeness (QED) is 0.443. The molecule has 3 aromatic rings. The number of benzene rings is 3. The van der Waals surface area contributed by atoms with Crippen LogP contribution >= 0.6 is 0 Å². The van der Waals surface area contributed by atoms with Gasteiger partial charge in [-0.15, -0.1) is 0 Å². The monoisotopic (exact) mass is 468 g/mol. The average molecular weight is 469 g/mol. The molecule has 1 atom stereocenters. The molecule has 0 heterocycles. The fraction of sp³-hybridized carbons (Fsp3) is 0.355. The molecule has 1 aliphatic carbocycles. The third-order valence-corrected chi connectivity index (χ3v) is 7.02. The summed E-state index contributed by atoms with van der Waals surface area (Å²) < 4.78 is 0. The Morgan fingerprint density at radius 1 is 0.829 bits per heavy atom. The van der Waals surface area contributed by atoms with Gasteiger partial charge in [-0.25, -0.2) is 0 Å². The molecule has 1 N–H and O–H groups in total. The van der Waals surface area contributed by atoms with Crippen LogP contribution in [0.2, 0.25) is 0 Å². The average Bonchev–Trinajstić information content (AvgIpc) is 2.89. The lowest BCUT2D eigenvalue weighted by Gasteiger charge is -2.34. The Morgan fingerprint density at radius 2 is 1.43 bits per heavy atom. The van der Waals surface area contributed by atoms with Crippen molar-refractivity contribution in [2.75, 3.05) is 0 Å². The second-order valence-electron chi connectivity index (χ2n) is 9.66. The molecule has 0 spiro atoms. The Kier molecular flexibility index (Phi) is 8.72. The molecule has 2 amide bonds. The van der Waals surface area contributed by atoms with Gasteiger partial charge in [-0.2, -0.15) is 0 Å². The Morgan fingerprint density at radius 3 is 2.09 bits per heavy atom. The third kappa shape index (κ3) is 7.05. The Labute approximate surface area is 209 Å².